The zero-order valence-electron chi connectivity index (χ0n) is 5.10. The van der Waals surface area contributed by atoms with Crippen LogP contribution in [0.1, 0.15) is 0 Å². The van der Waals surface area contributed by atoms with Gasteiger partial charge in [0.2, 0.25) is 0 Å². The first-order valence-electron chi connectivity index (χ1n) is 2.58. The number of rotatable bonds is 2. The van der Waals surface area contributed by atoms with E-state index >= 15 is 0 Å². The van der Waals surface area contributed by atoms with Gasteiger partial charge in [0.15, 0.2) is 10.7 Å². The number of nitrogen functional groups attached to an aromatic ring is 1. The normalized spacial score (nSPS) is 10.5. The molecule has 1 heterocycles. The Balaban J connectivity index is 2.76. The van der Waals surface area contributed by atoms with Crippen molar-refractivity contribution in [2.45, 2.75) is 5.88 Å². The molecule has 0 amide bonds. The van der Waals surface area contributed by atoms with Crippen LogP contribution in [0.15, 0.2) is 12.4 Å². The van der Waals surface area contributed by atoms with E-state index in [-0.39, 0.29) is 5.88 Å². The van der Waals surface area contributed by atoms with Gasteiger partial charge in [0.25, 0.3) is 0 Å². The van der Waals surface area contributed by atoms with Gasteiger partial charge in [0.05, 0.1) is 11.9 Å². The van der Waals surface area contributed by atoms with Gasteiger partial charge in [0, 0.05) is 6.20 Å². The summed E-state index contributed by atoms with van der Waals surface area (Å²) < 4.78 is 21.5. The predicted molar refractivity (Wildman–Crippen MR) is 37.0 cm³/mol. The lowest BCUT2D eigenvalue weighted by molar-refractivity contribution is 0.595. The second kappa shape index (κ2) is 2.70. The lowest BCUT2D eigenvalue weighted by Gasteiger charge is -1.88. The minimum absolute atomic E-state index is 0.105. The molecule has 0 aromatic carbocycles. The highest BCUT2D eigenvalue weighted by Gasteiger charge is 1.92. The van der Waals surface area contributed by atoms with E-state index in [1.54, 1.807) is 0 Å². The first kappa shape index (κ1) is 7.07. The monoisotopic (exact) mass is 161 g/mol. The minimum atomic E-state index is -2.42. The number of hydrogen-bond acceptors (Lipinski definition) is 4. The van der Waals surface area contributed by atoms with Crippen LogP contribution in [-0.4, -0.2) is 18.2 Å². The van der Waals surface area contributed by atoms with Crippen LogP contribution in [-0.2, 0) is 16.6 Å². The molecule has 0 bridgehead atoms. The topological polar surface area (TPSA) is 78.0 Å². The summed E-state index contributed by atoms with van der Waals surface area (Å²) in [7, 11) is -2.42. The molecule has 0 saturated heterocycles. The molecule has 1 rings (SSSR count). The van der Waals surface area contributed by atoms with Crippen LogP contribution < -0.4 is 5.73 Å². The summed E-state index contributed by atoms with van der Waals surface area (Å²) in [5.41, 5.74) is 5.74. The molecular formula is C4H7N3O2S. The van der Waals surface area contributed by atoms with E-state index in [0.717, 1.165) is 0 Å². The van der Waals surface area contributed by atoms with Crippen molar-refractivity contribution >= 4 is 16.4 Å². The molecule has 0 aliphatic carbocycles. The molecule has 0 aliphatic heterocycles. The summed E-state index contributed by atoms with van der Waals surface area (Å²) in [6.45, 7) is 0. The smallest absolute Gasteiger partial charge is 0.160 e. The second-order valence-corrected chi connectivity index (χ2v) is 2.74. The molecule has 1 aromatic rings. The molecule has 0 radical (unpaired) electrons. The molecule has 0 aliphatic rings. The third kappa shape index (κ3) is 1.73. The Kier molecular flexibility index (Phi) is 1.91. The van der Waals surface area contributed by atoms with E-state index in [9.17, 15) is 8.42 Å². The van der Waals surface area contributed by atoms with Gasteiger partial charge in [-0.1, -0.05) is 0 Å². The quantitative estimate of drug-likeness (QED) is 0.547. The maximum Gasteiger partial charge on any atom is 0.160 e. The molecule has 0 atom stereocenters. The van der Waals surface area contributed by atoms with Crippen LogP contribution in [0.4, 0.5) is 5.69 Å². The van der Waals surface area contributed by atoms with Crippen molar-refractivity contribution in [1.29, 1.82) is 0 Å². The summed E-state index contributed by atoms with van der Waals surface area (Å²) in [6.07, 6.45) is 2.87. The Labute approximate surface area is 59.4 Å². The van der Waals surface area contributed by atoms with Gasteiger partial charge >= 0.3 is 0 Å². The van der Waals surface area contributed by atoms with Gasteiger partial charge in [-0.05, 0) is 0 Å². The van der Waals surface area contributed by atoms with Gasteiger partial charge in [-0.15, -0.1) is 0 Å². The van der Waals surface area contributed by atoms with Gasteiger partial charge in [-0.2, -0.15) is 5.10 Å². The van der Waals surface area contributed by atoms with E-state index in [1.165, 1.54) is 17.1 Å². The van der Waals surface area contributed by atoms with Crippen LogP contribution in [0.2, 0.25) is 0 Å². The zero-order valence-corrected chi connectivity index (χ0v) is 5.99. The molecule has 1 aromatic heterocycles. The van der Waals surface area contributed by atoms with Crippen molar-refractivity contribution in [2.75, 3.05) is 5.73 Å². The summed E-state index contributed by atoms with van der Waals surface area (Å²) in [6, 6.07) is 0. The standard InChI is InChI=1S/C4H7N3O2S/c5-4-1-6-7(2-4)3-10(8)9/h1-2,10H,3,5H2. The molecule has 56 valence electrons. The average Bonchev–Trinajstić information content (AvgIpc) is 2.13. The summed E-state index contributed by atoms with van der Waals surface area (Å²) in [5, 5.41) is 3.66. The summed E-state index contributed by atoms with van der Waals surface area (Å²) in [5.74, 6) is -0.105. The maximum atomic E-state index is 10.1. The molecule has 0 fully saturated rings. The number of hydrogen-bond donors (Lipinski definition) is 2. The molecule has 0 saturated carbocycles. The number of thiol groups is 1. The first-order valence-corrected chi connectivity index (χ1v) is 3.94. The summed E-state index contributed by atoms with van der Waals surface area (Å²) >= 11 is 0. The zero-order chi connectivity index (χ0) is 7.56. The van der Waals surface area contributed by atoms with Crippen LogP contribution in [0, 0.1) is 0 Å². The van der Waals surface area contributed by atoms with Gasteiger partial charge in [0.1, 0.15) is 5.88 Å². The lowest BCUT2D eigenvalue weighted by Crippen LogP contribution is -1.98. The van der Waals surface area contributed by atoms with Crippen LogP contribution >= 0.6 is 0 Å². The Morgan fingerprint density at radius 1 is 1.70 bits per heavy atom. The first-order chi connectivity index (χ1) is 4.68. The fraction of sp³-hybridized carbons (Fsp3) is 0.250. The Bertz CT molecular complexity index is 282. The number of nitrogens with two attached hydrogens (primary N) is 1. The van der Waals surface area contributed by atoms with E-state index in [2.05, 4.69) is 5.10 Å². The molecule has 2 N–H and O–H groups in total. The fourth-order valence-electron chi connectivity index (χ4n) is 0.575. The third-order valence-electron chi connectivity index (χ3n) is 0.914. The van der Waals surface area contributed by atoms with E-state index in [4.69, 9.17) is 5.73 Å². The summed E-state index contributed by atoms with van der Waals surface area (Å²) in [4.78, 5) is 0. The molecule has 0 spiro atoms. The van der Waals surface area contributed by atoms with Crippen molar-refractivity contribution in [3.63, 3.8) is 0 Å². The Morgan fingerprint density at radius 2 is 2.40 bits per heavy atom. The van der Waals surface area contributed by atoms with Crippen LogP contribution in [0.25, 0.3) is 0 Å². The van der Waals surface area contributed by atoms with E-state index < -0.39 is 10.7 Å². The highest BCUT2D eigenvalue weighted by atomic mass is 32.2. The molecule has 10 heavy (non-hydrogen) atoms. The highest BCUT2D eigenvalue weighted by molar-refractivity contribution is 7.71. The van der Waals surface area contributed by atoms with Crippen LogP contribution in [0.5, 0.6) is 0 Å². The molecular weight excluding hydrogens is 154 g/mol. The molecule has 0 unspecified atom stereocenters. The van der Waals surface area contributed by atoms with Crippen molar-refractivity contribution in [2.24, 2.45) is 0 Å². The van der Waals surface area contributed by atoms with Crippen molar-refractivity contribution in [3.8, 4) is 0 Å². The van der Waals surface area contributed by atoms with Gasteiger partial charge in [-0.3, -0.25) is 4.68 Å². The Morgan fingerprint density at radius 3 is 2.80 bits per heavy atom. The van der Waals surface area contributed by atoms with Crippen molar-refractivity contribution in [3.05, 3.63) is 12.4 Å². The largest absolute Gasteiger partial charge is 0.396 e. The fourth-order valence-corrected chi connectivity index (χ4v) is 0.967. The number of aromatic nitrogens is 2. The average molecular weight is 161 g/mol. The lowest BCUT2D eigenvalue weighted by atomic mass is 10.6. The van der Waals surface area contributed by atoms with Gasteiger partial charge in [-0.25, -0.2) is 8.42 Å². The predicted octanol–water partition coefficient (Wildman–Crippen LogP) is -0.966. The third-order valence-corrected chi connectivity index (χ3v) is 1.43. The van der Waals surface area contributed by atoms with Crippen molar-refractivity contribution in [1.82, 2.24) is 9.78 Å². The SMILES string of the molecule is Nc1cnn(C[SH](=O)=O)c1. The number of anilines is 1. The Hall–Kier alpha value is -1.04. The highest BCUT2D eigenvalue weighted by Crippen LogP contribution is 1.96. The van der Waals surface area contributed by atoms with E-state index in [1.807, 2.05) is 0 Å². The van der Waals surface area contributed by atoms with Gasteiger partial charge < -0.3 is 5.73 Å². The second-order valence-electron chi connectivity index (χ2n) is 1.79. The van der Waals surface area contributed by atoms with Crippen LogP contribution in [0.3, 0.4) is 0 Å². The number of nitrogens with zero attached hydrogens (tertiary/aromatic N) is 2. The van der Waals surface area contributed by atoms with E-state index in [0.29, 0.717) is 5.69 Å². The van der Waals surface area contributed by atoms with Crippen molar-refractivity contribution < 1.29 is 8.42 Å². The minimum Gasteiger partial charge on any atom is -0.396 e. The molecule has 5 nitrogen and oxygen atoms in total. The molecule has 6 heteroatoms. The maximum absolute atomic E-state index is 10.1.